The summed E-state index contributed by atoms with van der Waals surface area (Å²) in [5.74, 6) is 0.326. The van der Waals surface area contributed by atoms with Crippen molar-refractivity contribution in [1.29, 1.82) is 0 Å². The molecule has 0 aliphatic rings. The van der Waals surface area contributed by atoms with E-state index in [-0.39, 0.29) is 23.3 Å². The molecule has 0 aliphatic carbocycles. The molecule has 0 saturated carbocycles. The molecule has 2 amide bonds. The molecule has 0 bridgehead atoms. The summed E-state index contributed by atoms with van der Waals surface area (Å²) in [6, 6.07) is 11.6. The summed E-state index contributed by atoms with van der Waals surface area (Å²) in [5.41, 5.74) is 1.44. The Morgan fingerprint density at radius 3 is 2.16 bits per heavy atom. The average molecular weight is 461 g/mol. The van der Waals surface area contributed by atoms with Crippen molar-refractivity contribution in [3.63, 3.8) is 0 Å². The highest BCUT2D eigenvalue weighted by atomic mass is 32.2. The lowest BCUT2D eigenvalue weighted by atomic mass is 10.2. The van der Waals surface area contributed by atoms with Crippen molar-refractivity contribution in [2.75, 3.05) is 43.0 Å². The molecule has 32 heavy (non-hydrogen) atoms. The van der Waals surface area contributed by atoms with Crippen LogP contribution in [-0.4, -0.2) is 50.1 Å². The van der Waals surface area contributed by atoms with Gasteiger partial charge in [-0.3, -0.25) is 9.59 Å². The van der Waals surface area contributed by atoms with Gasteiger partial charge in [-0.15, -0.1) is 11.8 Å². The molecule has 0 aliphatic heterocycles. The molecule has 2 aromatic rings. The molecule has 0 heterocycles. The smallest absolute Gasteiger partial charge is 0.338 e. The van der Waals surface area contributed by atoms with Crippen LogP contribution in [0.4, 0.5) is 11.4 Å². The Kier molecular flexibility index (Phi) is 10.4. The van der Waals surface area contributed by atoms with Gasteiger partial charge in [0.05, 0.1) is 37.9 Å². The first-order valence-electron chi connectivity index (χ1n) is 10.1. The van der Waals surface area contributed by atoms with E-state index < -0.39 is 5.97 Å². The Bertz CT molecular complexity index is 934. The molecular weight excluding hydrogens is 432 g/mol. The second kappa shape index (κ2) is 13.3. The molecular formula is C23H28N2O6S. The van der Waals surface area contributed by atoms with Gasteiger partial charge < -0.3 is 24.8 Å². The number of carbonyl (C=O) groups is 3. The summed E-state index contributed by atoms with van der Waals surface area (Å²) in [5, 5.41) is 5.48. The van der Waals surface area contributed by atoms with Crippen LogP contribution < -0.4 is 20.1 Å². The summed E-state index contributed by atoms with van der Waals surface area (Å²) < 4.78 is 15.6. The number of ether oxygens (including phenoxy) is 3. The van der Waals surface area contributed by atoms with Crippen molar-refractivity contribution < 1.29 is 28.6 Å². The Labute approximate surface area is 192 Å². The molecule has 0 unspecified atom stereocenters. The highest BCUT2D eigenvalue weighted by Crippen LogP contribution is 2.29. The van der Waals surface area contributed by atoms with Crippen molar-refractivity contribution in [2.24, 2.45) is 0 Å². The van der Waals surface area contributed by atoms with Crippen molar-refractivity contribution in [3.05, 3.63) is 48.0 Å². The van der Waals surface area contributed by atoms with Gasteiger partial charge in [0.1, 0.15) is 0 Å². The van der Waals surface area contributed by atoms with Crippen LogP contribution in [0.15, 0.2) is 42.5 Å². The van der Waals surface area contributed by atoms with Crippen LogP contribution in [0.5, 0.6) is 11.5 Å². The van der Waals surface area contributed by atoms with E-state index in [1.807, 2.05) is 6.92 Å². The number of amides is 2. The van der Waals surface area contributed by atoms with Gasteiger partial charge in [-0.05, 0) is 36.8 Å². The van der Waals surface area contributed by atoms with Gasteiger partial charge in [-0.25, -0.2) is 4.79 Å². The molecule has 0 saturated heterocycles. The maximum atomic E-state index is 12.2. The van der Waals surface area contributed by atoms with Crippen LogP contribution in [0.2, 0.25) is 0 Å². The largest absolute Gasteiger partial charge is 0.493 e. The van der Waals surface area contributed by atoms with Crippen LogP contribution in [0.25, 0.3) is 0 Å². The maximum absolute atomic E-state index is 12.2. The monoisotopic (exact) mass is 460 g/mol. The molecule has 2 N–H and O–H groups in total. The molecule has 8 nitrogen and oxygen atoms in total. The zero-order chi connectivity index (χ0) is 23.3. The third-order valence-corrected chi connectivity index (χ3v) is 5.18. The summed E-state index contributed by atoms with van der Waals surface area (Å²) in [6.45, 7) is 2.38. The van der Waals surface area contributed by atoms with Crippen molar-refractivity contribution >= 4 is 40.9 Å². The Morgan fingerprint density at radius 1 is 0.875 bits per heavy atom. The first-order chi connectivity index (χ1) is 15.5. The fourth-order valence-electron chi connectivity index (χ4n) is 2.66. The van der Waals surface area contributed by atoms with Gasteiger partial charge in [-0.2, -0.15) is 0 Å². The van der Waals surface area contributed by atoms with Crippen LogP contribution in [0.1, 0.15) is 30.1 Å². The summed E-state index contributed by atoms with van der Waals surface area (Å²) in [7, 11) is 3.05. The number of thioether (sulfide) groups is 1. The highest BCUT2D eigenvalue weighted by Gasteiger charge is 2.11. The number of unbranched alkanes of at least 4 members (excludes halogenated alkanes) is 1. The lowest BCUT2D eigenvalue weighted by Crippen LogP contribution is -2.18. The van der Waals surface area contributed by atoms with Gasteiger partial charge >= 0.3 is 5.97 Å². The Hall–Kier alpha value is -3.20. The normalized spacial score (nSPS) is 10.2. The van der Waals surface area contributed by atoms with E-state index in [0.29, 0.717) is 35.0 Å². The predicted octanol–water partition coefficient (Wildman–Crippen LogP) is 3.97. The van der Waals surface area contributed by atoms with Crippen LogP contribution in [-0.2, 0) is 14.3 Å². The van der Waals surface area contributed by atoms with E-state index in [9.17, 15) is 14.4 Å². The molecule has 0 spiro atoms. The first kappa shape index (κ1) is 25.1. The number of methoxy groups -OCH3 is 2. The zero-order valence-electron chi connectivity index (χ0n) is 18.4. The minimum Gasteiger partial charge on any atom is -0.493 e. The standard InChI is InChI=1S/C23H28N2O6S/c1-4-5-11-31-23(28)16-7-6-8-17(12-16)24-21(26)14-32-15-22(27)25-18-9-10-19(29-2)20(13-18)30-3/h6-10,12-13H,4-5,11,14-15H2,1-3H3,(H,24,26)(H,25,27). The quantitative estimate of drug-likeness (QED) is 0.365. The molecule has 0 aromatic heterocycles. The fraction of sp³-hybridized carbons (Fsp3) is 0.348. The van der Waals surface area contributed by atoms with E-state index in [2.05, 4.69) is 10.6 Å². The van der Waals surface area contributed by atoms with Crippen molar-refractivity contribution in [1.82, 2.24) is 0 Å². The van der Waals surface area contributed by atoms with Crippen LogP contribution in [0.3, 0.4) is 0 Å². The zero-order valence-corrected chi connectivity index (χ0v) is 19.3. The molecule has 9 heteroatoms. The van der Waals surface area contributed by atoms with Crippen molar-refractivity contribution in [3.8, 4) is 11.5 Å². The molecule has 0 atom stereocenters. The third kappa shape index (κ3) is 8.14. The van der Waals surface area contributed by atoms with E-state index in [0.717, 1.165) is 12.8 Å². The highest BCUT2D eigenvalue weighted by molar-refractivity contribution is 8.00. The third-order valence-electron chi connectivity index (χ3n) is 4.25. The number of hydrogen-bond acceptors (Lipinski definition) is 7. The van der Waals surface area contributed by atoms with E-state index in [1.54, 1.807) is 42.5 Å². The number of nitrogens with one attached hydrogen (secondary N) is 2. The van der Waals surface area contributed by atoms with Gasteiger partial charge in [0, 0.05) is 17.4 Å². The Balaban J connectivity index is 1.78. The van der Waals surface area contributed by atoms with Gasteiger partial charge in [0.2, 0.25) is 11.8 Å². The second-order valence-electron chi connectivity index (χ2n) is 6.73. The second-order valence-corrected chi connectivity index (χ2v) is 7.71. The SMILES string of the molecule is CCCCOC(=O)c1cccc(NC(=O)CSCC(=O)Nc2ccc(OC)c(OC)c2)c1. The molecule has 172 valence electrons. The molecule has 2 rings (SSSR count). The molecule has 2 aromatic carbocycles. The summed E-state index contributed by atoms with van der Waals surface area (Å²) in [6.07, 6.45) is 1.74. The van der Waals surface area contributed by atoms with Crippen LogP contribution >= 0.6 is 11.8 Å². The lowest BCUT2D eigenvalue weighted by molar-refractivity contribution is -0.114. The van der Waals surface area contributed by atoms with Crippen LogP contribution in [0, 0.1) is 0 Å². The van der Waals surface area contributed by atoms with Gasteiger partial charge in [0.25, 0.3) is 0 Å². The lowest BCUT2D eigenvalue weighted by Gasteiger charge is -2.10. The number of carbonyl (C=O) groups excluding carboxylic acids is 3. The minimum absolute atomic E-state index is 0.0878. The summed E-state index contributed by atoms with van der Waals surface area (Å²) >= 11 is 1.18. The number of rotatable bonds is 12. The number of anilines is 2. The van der Waals surface area contributed by atoms with E-state index >= 15 is 0 Å². The number of hydrogen-bond donors (Lipinski definition) is 2. The number of benzene rings is 2. The fourth-order valence-corrected chi connectivity index (χ4v) is 3.28. The van der Waals surface area contributed by atoms with E-state index in [1.165, 1.54) is 26.0 Å². The first-order valence-corrected chi connectivity index (χ1v) is 11.3. The number of esters is 1. The average Bonchev–Trinajstić information content (AvgIpc) is 2.79. The van der Waals surface area contributed by atoms with E-state index in [4.69, 9.17) is 14.2 Å². The minimum atomic E-state index is -0.421. The Morgan fingerprint density at radius 2 is 1.53 bits per heavy atom. The van der Waals surface area contributed by atoms with Gasteiger partial charge in [0.15, 0.2) is 11.5 Å². The van der Waals surface area contributed by atoms with Gasteiger partial charge in [-0.1, -0.05) is 19.4 Å². The summed E-state index contributed by atoms with van der Waals surface area (Å²) in [4.78, 5) is 36.4. The van der Waals surface area contributed by atoms with Crippen molar-refractivity contribution in [2.45, 2.75) is 19.8 Å². The molecule has 0 fully saturated rings. The maximum Gasteiger partial charge on any atom is 0.338 e. The predicted molar refractivity (Wildman–Crippen MR) is 126 cm³/mol. The molecule has 0 radical (unpaired) electrons. The topological polar surface area (TPSA) is 103 Å².